The number of pyridine rings is 1. The lowest BCUT2D eigenvalue weighted by molar-refractivity contribution is -0.910. The summed E-state index contributed by atoms with van der Waals surface area (Å²) in [7, 11) is 1.68. The second-order valence-corrected chi connectivity index (χ2v) is 7.47. The van der Waals surface area contributed by atoms with Crippen molar-refractivity contribution in [3.63, 3.8) is 0 Å². The molecule has 0 aliphatic carbocycles. The average molecular weight is 393 g/mol. The number of ether oxygens (including phenoxy) is 1. The lowest BCUT2D eigenvalue weighted by Gasteiger charge is -2.45. The summed E-state index contributed by atoms with van der Waals surface area (Å²) in [5.41, 5.74) is 4.06. The van der Waals surface area contributed by atoms with Gasteiger partial charge in [-0.25, -0.2) is 4.98 Å². The van der Waals surface area contributed by atoms with Crippen molar-refractivity contribution >= 4 is 23.2 Å². The van der Waals surface area contributed by atoms with E-state index in [1.54, 1.807) is 19.4 Å². The van der Waals surface area contributed by atoms with Gasteiger partial charge in [-0.15, -0.1) is 0 Å². The third kappa shape index (κ3) is 2.55. The number of rotatable bonds is 3. The Morgan fingerprint density at radius 3 is 2.71 bits per heavy atom. The van der Waals surface area contributed by atoms with Crippen LogP contribution in [0.15, 0.2) is 78.7 Å². The topological polar surface area (TPSA) is 46.9 Å². The number of amides is 1. The molecule has 3 aliphatic heterocycles. The van der Waals surface area contributed by atoms with E-state index >= 15 is 0 Å². The van der Waals surface area contributed by atoms with Crippen molar-refractivity contribution in [2.24, 2.45) is 0 Å². The molecular formula is C22H19ClN3O2+. The summed E-state index contributed by atoms with van der Waals surface area (Å²) >= 11 is 5.99. The van der Waals surface area contributed by atoms with E-state index in [1.165, 1.54) is 0 Å². The van der Waals surface area contributed by atoms with Crippen LogP contribution < -0.4 is 4.90 Å². The van der Waals surface area contributed by atoms with Gasteiger partial charge >= 0.3 is 0 Å². The predicted molar refractivity (Wildman–Crippen MR) is 106 cm³/mol. The fourth-order valence-corrected chi connectivity index (χ4v) is 4.56. The zero-order valence-electron chi connectivity index (χ0n) is 15.2. The molecule has 4 atom stereocenters. The van der Waals surface area contributed by atoms with E-state index in [-0.39, 0.29) is 18.3 Å². The Morgan fingerprint density at radius 1 is 1.18 bits per heavy atom. The summed E-state index contributed by atoms with van der Waals surface area (Å²) in [5.74, 6) is -0.347. The van der Waals surface area contributed by atoms with Gasteiger partial charge in [0.05, 0.1) is 5.56 Å². The summed E-state index contributed by atoms with van der Waals surface area (Å²) in [5, 5.41) is 0.455. The highest BCUT2D eigenvalue weighted by Gasteiger charge is 2.56. The maximum absolute atomic E-state index is 13.4. The van der Waals surface area contributed by atoms with Gasteiger partial charge in [-0.1, -0.05) is 41.9 Å². The number of hydrogen-bond donors (Lipinski definition) is 1. The van der Waals surface area contributed by atoms with Gasteiger partial charge in [0.25, 0.3) is 0 Å². The van der Waals surface area contributed by atoms with Crippen LogP contribution in [0.25, 0.3) is 5.70 Å². The van der Waals surface area contributed by atoms with Gasteiger partial charge in [-0.05, 0) is 29.8 Å². The molecular weight excluding hydrogens is 374 g/mol. The summed E-state index contributed by atoms with van der Waals surface area (Å²) in [6.45, 7) is 0. The first-order valence-corrected chi connectivity index (χ1v) is 9.56. The molecule has 1 fully saturated rings. The zero-order chi connectivity index (χ0) is 19.3. The second kappa shape index (κ2) is 6.71. The van der Waals surface area contributed by atoms with E-state index in [0.29, 0.717) is 5.15 Å². The molecule has 0 spiro atoms. The Kier molecular flexibility index (Phi) is 4.16. The van der Waals surface area contributed by atoms with Crippen LogP contribution in [0.2, 0.25) is 5.15 Å². The van der Waals surface area contributed by atoms with Crippen molar-refractivity contribution in [2.45, 2.75) is 18.3 Å². The molecule has 1 N–H and O–H groups in total. The number of aromatic nitrogens is 1. The standard InChI is InChI=1S/C22H18ClN3O2/c1-28-22-19(14-6-3-2-4-7-14)21(27)25-11-5-8-15-12-17(26(22)20(15)25)16-9-10-18(23)24-13-16/h2-13,19-20,22H,1H3/p+1. The molecule has 4 unspecified atom stereocenters. The van der Waals surface area contributed by atoms with Crippen LogP contribution in [-0.4, -0.2) is 35.3 Å². The third-order valence-electron chi connectivity index (χ3n) is 5.63. The maximum Gasteiger partial charge on any atom is 0.247 e. The van der Waals surface area contributed by atoms with Crippen molar-refractivity contribution < 1.29 is 14.4 Å². The highest BCUT2D eigenvalue weighted by atomic mass is 35.5. The number of benzene rings is 1. The zero-order valence-corrected chi connectivity index (χ0v) is 16.0. The van der Waals surface area contributed by atoms with E-state index in [1.807, 2.05) is 53.6 Å². The highest BCUT2D eigenvalue weighted by Crippen LogP contribution is 2.34. The molecule has 3 aliphatic rings. The summed E-state index contributed by atoms with van der Waals surface area (Å²) in [4.78, 5) is 20.6. The van der Waals surface area contributed by atoms with Crippen molar-refractivity contribution in [3.8, 4) is 0 Å². The molecule has 1 aromatic carbocycles. The Labute approximate surface area is 168 Å². The van der Waals surface area contributed by atoms with Gasteiger partial charge in [-0.3, -0.25) is 14.6 Å². The van der Waals surface area contributed by atoms with E-state index in [4.69, 9.17) is 16.3 Å². The molecule has 4 heterocycles. The molecule has 0 bridgehead atoms. The van der Waals surface area contributed by atoms with Crippen molar-refractivity contribution in [3.05, 3.63) is 94.9 Å². The van der Waals surface area contributed by atoms with Crippen LogP contribution in [0.3, 0.4) is 0 Å². The van der Waals surface area contributed by atoms with Gasteiger partial charge in [0, 0.05) is 31.2 Å². The maximum atomic E-state index is 13.4. The quantitative estimate of drug-likeness (QED) is 0.816. The Bertz CT molecular complexity index is 1010. The van der Waals surface area contributed by atoms with Gasteiger partial charge in [-0.2, -0.15) is 0 Å². The molecule has 28 heavy (non-hydrogen) atoms. The first kappa shape index (κ1) is 17.4. The number of nitrogens with one attached hydrogen (secondary N) is 1. The van der Waals surface area contributed by atoms with Crippen LogP contribution in [0.5, 0.6) is 0 Å². The number of nitrogens with zero attached hydrogens (tertiary/aromatic N) is 2. The molecule has 0 saturated carbocycles. The Balaban J connectivity index is 1.65. The molecule has 1 saturated heterocycles. The van der Waals surface area contributed by atoms with Crippen LogP contribution in [-0.2, 0) is 9.53 Å². The summed E-state index contributed by atoms with van der Waals surface area (Å²) in [6.07, 6.45) is 9.28. The molecule has 140 valence electrons. The van der Waals surface area contributed by atoms with Crippen molar-refractivity contribution in [1.29, 1.82) is 0 Å². The van der Waals surface area contributed by atoms with E-state index in [2.05, 4.69) is 17.1 Å². The lowest BCUT2D eigenvalue weighted by atomic mass is 9.91. The van der Waals surface area contributed by atoms with Gasteiger partial charge in [0.15, 0.2) is 0 Å². The van der Waals surface area contributed by atoms with Gasteiger partial charge in [0.1, 0.15) is 16.8 Å². The van der Waals surface area contributed by atoms with Crippen molar-refractivity contribution in [1.82, 2.24) is 9.88 Å². The number of methoxy groups -OCH3 is 1. The number of allylic oxidation sites excluding steroid dienone is 2. The number of carbonyl (C=O) groups is 1. The third-order valence-corrected chi connectivity index (χ3v) is 5.85. The molecule has 5 nitrogen and oxygen atoms in total. The smallest absolute Gasteiger partial charge is 0.247 e. The van der Waals surface area contributed by atoms with Crippen LogP contribution in [0, 0.1) is 0 Å². The van der Waals surface area contributed by atoms with Gasteiger partial charge in [0.2, 0.25) is 18.3 Å². The number of hydrogen-bond acceptors (Lipinski definition) is 3. The monoisotopic (exact) mass is 392 g/mol. The molecule has 0 radical (unpaired) electrons. The van der Waals surface area contributed by atoms with Crippen LogP contribution >= 0.6 is 11.6 Å². The number of halogens is 1. The molecule has 6 heteroatoms. The molecule has 2 aromatic rings. The van der Waals surface area contributed by atoms with Gasteiger partial charge < -0.3 is 4.74 Å². The highest BCUT2D eigenvalue weighted by molar-refractivity contribution is 6.29. The fraction of sp³-hybridized carbons (Fsp3) is 0.182. The molecule has 1 aromatic heterocycles. The molecule has 1 amide bonds. The van der Waals surface area contributed by atoms with Crippen molar-refractivity contribution in [2.75, 3.05) is 7.11 Å². The summed E-state index contributed by atoms with van der Waals surface area (Å²) < 4.78 is 5.96. The SMILES string of the molecule is COC1C(c2ccccc2)C(=O)N2C=CC=C3C=C(c4ccc(Cl)nc4)[NH+]1C32. The normalized spacial score (nSPS) is 28.1. The Hall–Kier alpha value is -2.73. The van der Waals surface area contributed by atoms with E-state index in [0.717, 1.165) is 27.3 Å². The fourth-order valence-electron chi connectivity index (χ4n) is 4.44. The molecule has 5 rings (SSSR count). The first-order valence-electron chi connectivity index (χ1n) is 9.18. The van der Waals surface area contributed by atoms with Crippen LogP contribution in [0.1, 0.15) is 17.0 Å². The van der Waals surface area contributed by atoms with E-state index in [9.17, 15) is 4.79 Å². The average Bonchev–Trinajstić information content (AvgIpc) is 3.12. The minimum atomic E-state index is -0.400. The Morgan fingerprint density at radius 2 is 2.00 bits per heavy atom. The minimum Gasteiger partial charge on any atom is -0.331 e. The number of quaternary nitrogens is 1. The van der Waals surface area contributed by atoms with E-state index < -0.39 is 5.92 Å². The predicted octanol–water partition coefficient (Wildman–Crippen LogP) is 2.35. The van der Waals surface area contributed by atoms with Crippen LogP contribution in [0.4, 0.5) is 0 Å². The first-order chi connectivity index (χ1) is 13.7. The largest absolute Gasteiger partial charge is 0.331 e. The summed E-state index contributed by atoms with van der Waals surface area (Å²) in [6, 6.07) is 13.6. The second-order valence-electron chi connectivity index (χ2n) is 7.08. The minimum absolute atomic E-state index is 0.0533. The lowest BCUT2D eigenvalue weighted by Crippen LogP contribution is -3.20. The number of carbonyl (C=O) groups excluding carboxylic acids is 1.